The summed E-state index contributed by atoms with van der Waals surface area (Å²) in [4.78, 5) is 0. The lowest BCUT2D eigenvalue weighted by Gasteiger charge is -2.22. The molecule has 16 heavy (non-hydrogen) atoms. The lowest BCUT2D eigenvalue weighted by Crippen LogP contribution is -2.19. The minimum absolute atomic E-state index is 0.0344. The molecule has 0 unspecified atom stereocenters. The second kappa shape index (κ2) is 3.78. The quantitative estimate of drug-likeness (QED) is 0.751. The van der Waals surface area contributed by atoms with E-state index in [0.717, 1.165) is 5.69 Å². The molecule has 2 aromatic rings. The fourth-order valence-corrected chi connectivity index (χ4v) is 1.87. The number of aromatic nitrogens is 2. The maximum atomic E-state index is 4.57. The van der Waals surface area contributed by atoms with E-state index in [0.29, 0.717) is 0 Å². The zero-order chi connectivity index (χ0) is 11.8. The molecule has 2 heteroatoms. The molecule has 2 nitrogen and oxygen atoms in total. The van der Waals surface area contributed by atoms with Gasteiger partial charge in [0.1, 0.15) is 0 Å². The third kappa shape index (κ3) is 1.75. The highest BCUT2D eigenvalue weighted by molar-refractivity contribution is 5.34. The number of nitrogens with zero attached hydrogens (tertiary/aromatic N) is 2. The van der Waals surface area contributed by atoms with Gasteiger partial charge in [-0.2, -0.15) is 5.10 Å². The van der Waals surface area contributed by atoms with Gasteiger partial charge in [-0.1, -0.05) is 44.2 Å². The molecular formula is C14H18N2. The molecule has 2 rings (SSSR count). The second-order valence-electron chi connectivity index (χ2n) is 4.79. The molecule has 0 N–H and O–H groups in total. The van der Waals surface area contributed by atoms with E-state index in [-0.39, 0.29) is 5.41 Å². The zero-order valence-corrected chi connectivity index (χ0v) is 10.4. The SMILES string of the molecule is Cc1cc(C(C)(C)c2ccccc2)nn1C. The highest BCUT2D eigenvalue weighted by Crippen LogP contribution is 2.30. The molecule has 0 saturated carbocycles. The summed E-state index contributed by atoms with van der Waals surface area (Å²) in [6.07, 6.45) is 0. The molecule has 1 aromatic heterocycles. The minimum atomic E-state index is -0.0344. The summed E-state index contributed by atoms with van der Waals surface area (Å²) in [5.74, 6) is 0. The van der Waals surface area contributed by atoms with Gasteiger partial charge in [0.15, 0.2) is 0 Å². The average Bonchev–Trinajstić information content (AvgIpc) is 2.61. The summed E-state index contributed by atoms with van der Waals surface area (Å²) >= 11 is 0. The Morgan fingerprint density at radius 1 is 1.12 bits per heavy atom. The van der Waals surface area contributed by atoms with Crippen LogP contribution in [0, 0.1) is 6.92 Å². The van der Waals surface area contributed by atoms with Crippen molar-refractivity contribution in [2.24, 2.45) is 7.05 Å². The van der Waals surface area contributed by atoms with E-state index in [9.17, 15) is 0 Å². The highest BCUT2D eigenvalue weighted by atomic mass is 15.3. The third-order valence-electron chi connectivity index (χ3n) is 3.25. The van der Waals surface area contributed by atoms with Crippen LogP contribution in [0.4, 0.5) is 0 Å². The predicted molar refractivity (Wildman–Crippen MR) is 66.5 cm³/mol. The van der Waals surface area contributed by atoms with Crippen LogP contribution < -0.4 is 0 Å². The van der Waals surface area contributed by atoms with Crippen LogP contribution in [0.5, 0.6) is 0 Å². The Bertz CT molecular complexity index is 461. The Morgan fingerprint density at radius 3 is 2.25 bits per heavy atom. The largest absolute Gasteiger partial charge is 0.273 e. The fraction of sp³-hybridized carbons (Fsp3) is 0.357. The van der Waals surface area contributed by atoms with E-state index in [1.807, 2.05) is 17.8 Å². The Kier molecular flexibility index (Phi) is 2.58. The lowest BCUT2D eigenvalue weighted by molar-refractivity contribution is 0.592. The molecule has 1 aromatic carbocycles. The first-order valence-corrected chi connectivity index (χ1v) is 5.58. The summed E-state index contributed by atoms with van der Waals surface area (Å²) in [5.41, 5.74) is 3.58. The molecule has 0 atom stereocenters. The van der Waals surface area contributed by atoms with Crippen molar-refractivity contribution in [2.45, 2.75) is 26.2 Å². The summed E-state index contributed by atoms with van der Waals surface area (Å²) in [6, 6.07) is 12.7. The molecule has 0 amide bonds. The number of hydrogen-bond acceptors (Lipinski definition) is 1. The molecule has 0 fully saturated rings. The predicted octanol–water partition coefficient (Wildman–Crippen LogP) is 3.05. The van der Waals surface area contributed by atoms with Gasteiger partial charge in [-0.25, -0.2) is 0 Å². The molecule has 0 bridgehead atoms. The van der Waals surface area contributed by atoms with Crippen LogP contribution in [0.15, 0.2) is 36.4 Å². The van der Waals surface area contributed by atoms with Gasteiger partial charge in [0, 0.05) is 18.2 Å². The topological polar surface area (TPSA) is 17.8 Å². The van der Waals surface area contributed by atoms with E-state index in [2.05, 4.69) is 56.2 Å². The monoisotopic (exact) mass is 214 g/mol. The van der Waals surface area contributed by atoms with Gasteiger partial charge < -0.3 is 0 Å². The van der Waals surface area contributed by atoms with Gasteiger partial charge in [-0.3, -0.25) is 4.68 Å². The number of rotatable bonds is 2. The van der Waals surface area contributed by atoms with E-state index >= 15 is 0 Å². The Balaban J connectivity index is 2.46. The van der Waals surface area contributed by atoms with Crippen molar-refractivity contribution < 1.29 is 0 Å². The van der Waals surface area contributed by atoms with Crippen molar-refractivity contribution >= 4 is 0 Å². The van der Waals surface area contributed by atoms with Gasteiger partial charge in [0.25, 0.3) is 0 Å². The van der Waals surface area contributed by atoms with E-state index in [4.69, 9.17) is 0 Å². The van der Waals surface area contributed by atoms with Crippen LogP contribution >= 0.6 is 0 Å². The normalized spacial score (nSPS) is 11.8. The first-order valence-electron chi connectivity index (χ1n) is 5.58. The van der Waals surface area contributed by atoms with Crippen molar-refractivity contribution in [2.75, 3.05) is 0 Å². The van der Waals surface area contributed by atoms with Crippen molar-refractivity contribution in [3.05, 3.63) is 53.3 Å². The summed E-state index contributed by atoms with van der Waals surface area (Å²) in [5, 5.41) is 4.57. The smallest absolute Gasteiger partial charge is 0.0727 e. The maximum absolute atomic E-state index is 4.57. The highest BCUT2D eigenvalue weighted by Gasteiger charge is 2.25. The molecule has 0 saturated heterocycles. The van der Waals surface area contributed by atoms with Crippen LogP contribution in [0.2, 0.25) is 0 Å². The van der Waals surface area contributed by atoms with E-state index < -0.39 is 0 Å². The van der Waals surface area contributed by atoms with Crippen molar-refractivity contribution in [3.63, 3.8) is 0 Å². The fourth-order valence-electron chi connectivity index (χ4n) is 1.87. The number of hydrogen-bond donors (Lipinski definition) is 0. The average molecular weight is 214 g/mol. The van der Waals surface area contributed by atoms with Gasteiger partial charge in [0.05, 0.1) is 5.69 Å². The van der Waals surface area contributed by atoms with Crippen LogP contribution in [0.25, 0.3) is 0 Å². The third-order valence-corrected chi connectivity index (χ3v) is 3.25. The second-order valence-corrected chi connectivity index (χ2v) is 4.79. The molecule has 84 valence electrons. The molecular weight excluding hydrogens is 196 g/mol. The zero-order valence-electron chi connectivity index (χ0n) is 10.4. The van der Waals surface area contributed by atoms with Crippen LogP contribution in [0.3, 0.4) is 0 Å². The summed E-state index contributed by atoms with van der Waals surface area (Å²) < 4.78 is 1.93. The van der Waals surface area contributed by atoms with Crippen LogP contribution in [-0.2, 0) is 12.5 Å². The van der Waals surface area contributed by atoms with E-state index in [1.54, 1.807) is 0 Å². The lowest BCUT2D eigenvalue weighted by atomic mass is 9.81. The summed E-state index contributed by atoms with van der Waals surface area (Å²) in [6.45, 7) is 6.51. The van der Waals surface area contributed by atoms with Gasteiger partial charge >= 0.3 is 0 Å². The van der Waals surface area contributed by atoms with E-state index in [1.165, 1.54) is 11.3 Å². The minimum Gasteiger partial charge on any atom is -0.273 e. The Hall–Kier alpha value is -1.57. The maximum Gasteiger partial charge on any atom is 0.0727 e. The van der Waals surface area contributed by atoms with Crippen molar-refractivity contribution in [1.29, 1.82) is 0 Å². The molecule has 1 heterocycles. The number of benzene rings is 1. The molecule has 0 aliphatic rings. The van der Waals surface area contributed by atoms with Gasteiger partial charge in [0.2, 0.25) is 0 Å². The van der Waals surface area contributed by atoms with Crippen LogP contribution in [-0.4, -0.2) is 9.78 Å². The summed E-state index contributed by atoms with van der Waals surface area (Å²) in [7, 11) is 1.99. The standard InChI is InChI=1S/C14H18N2/c1-11-10-13(15-16(11)4)14(2,3)12-8-6-5-7-9-12/h5-10H,1-4H3. The van der Waals surface area contributed by atoms with Crippen LogP contribution in [0.1, 0.15) is 30.8 Å². The number of aryl methyl sites for hydroxylation is 2. The van der Waals surface area contributed by atoms with Crippen molar-refractivity contribution in [3.8, 4) is 0 Å². The first kappa shape index (κ1) is 10.9. The first-order chi connectivity index (χ1) is 7.51. The molecule has 0 aliphatic heterocycles. The van der Waals surface area contributed by atoms with Gasteiger partial charge in [-0.05, 0) is 18.6 Å². The van der Waals surface area contributed by atoms with Gasteiger partial charge in [-0.15, -0.1) is 0 Å². The molecule has 0 radical (unpaired) electrons. The Morgan fingerprint density at radius 2 is 1.75 bits per heavy atom. The van der Waals surface area contributed by atoms with Crippen molar-refractivity contribution in [1.82, 2.24) is 9.78 Å². The Labute approximate surface area is 96.9 Å². The molecule has 0 spiro atoms. The molecule has 0 aliphatic carbocycles.